The fourth-order valence-corrected chi connectivity index (χ4v) is 4.03. The van der Waals surface area contributed by atoms with Gasteiger partial charge in [-0.25, -0.2) is 24.4 Å². The van der Waals surface area contributed by atoms with Gasteiger partial charge in [-0.2, -0.15) is 23.5 Å². The largest absolute Gasteiger partial charge is 0.490 e. The number of nitriles is 1. The number of alkyl halides is 3. The molecular formula is C25H22F3N9O3. The number of hydrogen-bond acceptors (Lipinski definition) is 9. The molecule has 1 aliphatic rings. The Morgan fingerprint density at radius 3 is 2.52 bits per heavy atom. The lowest BCUT2D eigenvalue weighted by Crippen LogP contribution is -2.32. The number of nitrogen functional groups attached to an aromatic ring is 1. The van der Waals surface area contributed by atoms with Crippen LogP contribution in [0.4, 0.5) is 24.8 Å². The van der Waals surface area contributed by atoms with Crippen molar-refractivity contribution in [1.29, 1.82) is 5.26 Å². The third-order valence-electron chi connectivity index (χ3n) is 5.93. The number of benzene rings is 1. The highest BCUT2D eigenvalue weighted by molar-refractivity contribution is 6.04. The Morgan fingerprint density at radius 1 is 1.18 bits per heavy atom. The summed E-state index contributed by atoms with van der Waals surface area (Å²) >= 11 is 0. The molecule has 3 aromatic heterocycles. The number of aliphatic carboxylic acids is 1. The van der Waals surface area contributed by atoms with E-state index in [-0.39, 0.29) is 11.9 Å². The van der Waals surface area contributed by atoms with Crippen LogP contribution in [-0.2, 0) is 4.79 Å². The Morgan fingerprint density at radius 2 is 1.90 bits per heavy atom. The van der Waals surface area contributed by atoms with Crippen LogP contribution in [0, 0.1) is 11.3 Å². The van der Waals surface area contributed by atoms with Crippen LogP contribution in [0.3, 0.4) is 0 Å². The lowest BCUT2D eigenvalue weighted by Gasteiger charge is -2.23. The van der Waals surface area contributed by atoms with Crippen molar-refractivity contribution in [3.05, 3.63) is 60.0 Å². The zero-order valence-electron chi connectivity index (χ0n) is 20.7. The minimum Gasteiger partial charge on any atom is -0.475 e. The first-order chi connectivity index (χ1) is 19.1. The zero-order chi connectivity index (χ0) is 28.9. The van der Waals surface area contributed by atoms with Gasteiger partial charge >= 0.3 is 12.1 Å². The van der Waals surface area contributed by atoms with Gasteiger partial charge in [0.2, 0.25) is 0 Å². The molecule has 0 saturated carbocycles. The number of halogens is 3. The van der Waals surface area contributed by atoms with E-state index in [0.29, 0.717) is 39.5 Å². The minimum atomic E-state index is -5.08. The molecule has 1 aromatic carbocycles. The van der Waals surface area contributed by atoms with Crippen molar-refractivity contribution in [2.24, 2.45) is 0 Å². The molecule has 1 fully saturated rings. The third-order valence-corrected chi connectivity index (χ3v) is 5.93. The number of nitrogens with two attached hydrogens (primary N) is 1. The van der Waals surface area contributed by atoms with Gasteiger partial charge in [-0.1, -0.05) is 12.1 Å². The molecule has 40 heavy (non-hydrogen) atoms. The van der Waals surface area contributed by atoms with E-state index in [9.17, 15) is 18.0 Å². The van der Waals surface area contributed by atoms with Gasteiger partial charge in [0, 0.05) is 23.9 Å². The number of rotatable bonds is 4. The standard InChI is InChI=1S/C23H21N9O.C2HF3O2/c24-11-14-7-9-27-18(10-14)30-23(33)16-5-3-15(4-6-16)20-19-21(25)28-13-29-22(19)32(31-20)17-2-1-8-26-12-17;3-2(4,5)1(6)7/h3-7,9-10,13,17,26H,1-2,8,12H2,(H2,25,28,29)(H,27,30,33);(H,6,7)/t17-;/m1./s1. The molecule has 206 valence electrons. The summed E-state index contributed by atoms with van der Waals surface area (Å²) in [6.07, 6.45) is -0.0726. The highest BCUT2D eigenvalue weighted by Gasteiger charge is 2.38. The molecule has 0 aliphatic carbocycles. The van der Waals surface area contributed by atoms with Crippen molar-refractivity contribution in [1.82, 2.24) is 30.0 Å². The van der Waals surface area contributed by atoms with Crippen LogP contribution >= 0.6 is 0 Å². The maximum atomic E-state index is 12.6. The van der Waals surface area contributed by atoms with E-state index in [1.54, 1.807) is 18.2 Å². The summed E-state index contributed by atoms with van der Waals surface area (Å²) in [6.45, 7) is 1.82. The molecule has 5 rings (SSSR count). The zero-order valence-corrected chi connectivity index (χ0v) is 20.7. The predicted molar refractivity (Wildman–Crippen MR) is 137 cm³/mol. The number of hydrogen-bond donors (Lipinski definition) is 4. The van der Waals surface area contributed by atoms with Gasteiger partial charge in [0.1, 0.15) is 23.7 Å². The van der Waals surface area contributed by atoms with E-state index in [1.165, 1.54) is 18.6 Å². The Balaban J connectivity index is 0.000000470. The van der Waals surface area contributed by atoms with Crippen molar-refractivity contribution in [2.75, 3.05) is 24.1 Å². The van der Waals surface area contributed by atoms with E-state index in [0.717, 1.165) is 31.5 Å². The van der Waals surface area contributed by atoms with Crippen LogP contribution in [0.5, 0.6) is 0 Å². The van der Waals surface area contributed by atoms with Crippen molar-refractivity contribution < 1.29 is 27.9 Å². The fraction of sp³-hybridized carbons (Fsp3) is 0.240. The maximum absolute atomic E-state index is 12.6. The summed E-state index contributed by atoms with van der Waals surface area (Å²) in [5.41, 5.74) is 9.28. The Labute approximate surface area is 224 Å². The van der Waals surface area contributed by atoms with Crippen molar-refractivity contribution >= 4 is 34.5 Å². The molecule has 1 amide bonds. The van der Waals surface area contributed by atoms with Crippen LogP contribution in [0.2, 0.25) is 0 Å². The molecule has 0 bridgehead atoms. The lowest BCUT2D eigenvalue weighted by atomic mass is 10.1. The van der Waals surface area contributed by atoms with Crippen LogP contribution in [-0.4, -0.2) is 61.0 Å². The monoisotopic (exact) mass is 553 g/mol. The second-order valence-electron chi connectivity index (χ2n) is 8.63. The molecule has 0 spiro atoms. The minimum absolute atomic E-state index is 0.186. The molecular weight excluding hydrogens is 531 g/mol. The first kappa shape index (κ1) is 27.9. The predicted octanol–water partition coefficient (Wildman–Crippen LogP) is 3.15. The lowest BCUT2D eigenvalue weighted by molar-refractivity contribution is -0.192. The van der Waals surface area contributed by atoms with Crippen LogP contribution in [0.15, 0.2) is 48.9 Å². The molecule has 0 radical (unpaired) electrons. The molecule has 1 saturated heterocycles. The van der Waals surface area contributed by atoms with Gasteiger partial charge in [0.25, 0.3) is 5.91 Å². The van der Waals surface area contributed by atoms with Crippen molar-refractivity contribution in [3.63, 3.8) is 0 Å². The van der Waals surface area contributed by atoms with Gasteiger partial charge in [-0.05, 0) is 43.7 Å². The van der Waals surface area contributed by atoms with E-state index < -0.39 is 12.1 Å². The molecule has 0 unspecified atom stereocenters. The second-order valence-corrected chi connectivity index (χ2v) is 8.63. The first-order valence-electron chi connectivity index (χ1n) is 11.9. The highest BCUT2D eigenvalue weighted by Crippen LogP contribution is 2.33. The average molecular weight is 554 g/mol. The van der Waals surface area contributed by atoms with E-state index in [4.69, 9.17) is 26.0 Å². The third kappa shape index (κ3) is 6.30. The highest BCUT2D eigenvalue weighted by atomic mass is 19.4. The number of piperidine rings is 1. The number of amides is 1. The Hall–Kier alpha value is -5.10. The van der Waals surface area contributed by atoms with Crippen LogP contribution in [0.1, 0.15) is 34.8 Å². The molecule has 5 N–H and O–H groups in total. The van der Waals surface area contributed by atoms with Crippen molar-refractivity contribution in [2.45, 2.75) is 25.1 Å². The molecule has 1 aliphatic heterocycles. The maximum Gasteiger partial charge on any atom is 0.490 e. The quantitative estimate of drug-likeness (QED) is 0.293. The number of carboxylic acids is 1. The van der Waals surface area contributed by atoms with E-state index >= 15 is 0 Å². The molecule has 4 aromatic rings. The summed E-state index contributed by atoms with van der Waals surface area (Å²) in [5, 5.41) is 27.8. The van der Waals surface area contributed by atoms with Gasteiger partial charge in [-0.15, -0.1) is 0 Å². The van der Waals surface area contributed by atoms with Crippen LogP contribution < -0.4 is 16.4 Å². The normalized spacial score (nSPS) is 15.0. The summed E-state index contributed by atoms with van der Waals surface area (Å²) < 4.78 is 33.7. The van der Waals surface area contributed by atoms with E-state index in [2.05, 4.69) is 25.6 Å². The fourth-order valence-electron chi connectivity index (χ4n) is 4.03. The SMILES string of the molecule is N#Cc1ccnc(NC(=O)c2ccc(-c3nn([C@@H]4CCCNC4)c4ncnc(N)c34)cc2)c1.O=C(O)C(F)(F)F. The number of carbonyl (C=O) groups excluding carboxylic acids is 1. The Bertz CT molecular complexity index is 1570. The molecule has 12 nitrogen and oxygen atoms in total. The smallest absolute Gasteiger partial charge is 0.475 e. The summed E-state index contributed by atoms with van der Waals surface area (Å²) in [6, 6.07) is 12.4. The van der Waals surface area contributed by atoms with Gasteiger partial charge in [0.05, 0.1) is 23.1 Å². The average Bonchev–Trinajstić information content (AvgIpc) is 3.34. The molecule has 4 heterocycles. The van der Waals surface area contributed by atoms with Crippen LogP contribution in [0.25, 0.3) is 22.3 Å². The number of pyridine rings is 1. The number of fused-ring (bicyclic) bond motifs is 1. The Kier molecular flexibility index (Phi) is 8.20. The molecule has 1 atom stereocenters. The van der Waals surface area contributed by atoms with Gasteiger partial charge < -0.3 is 21.5 Å². The van der Waals surface area contributed by atoms with E-state index in [1.807, 2.05) is 22.9 Å². The number of carboxylic acid groups (broad SMARTS) is 1. The summed E-state index contributed by atoms with van der Waals surface area (Å²) in [4.78, 5) is 34.2. The van der Waals surface area contributed by atoms with Gasteiger partial charge in [-0.3, -0.25) is 4.79 Å². The second kappa shape index (κ2) is 11.7. The number of carbonyl (C=O) groups is 2. The summed E-state index contributed by atoms with van der Waals surface area (Å²) in [5.74, 6) is -2.39. The van der Waals surface area contributed by atoms with Crippen molar-refractivity contribution in [3.8, 4) is 17.3 Å². The summed E-state index contributed by atoms with van der Waals surface area (Å²) in [7, 11) is 0. The van der Waals surface area contributed by atoms with Gasteiger partial charge in [0.15, 0.2) is 5.65 Å². The first-order valence-corrected chi connectivity index (χ1v) is 11.9. The number of nitrogens with one attached hydrogen (secondary N) is 2. The number of nitrogens with zero attached hydrogens (tertiary/aromatic N) is 6. The number of aromatic nitrogens is 5. The topological polar surface area (TPSA) is 185 Å². The molecule has 15 heteroatoms. The number of anilines is 2.